The second-order valence-corrected chi connectivity index (χ2v) is 9.42. The molecule has 23 heavy (non-hydrogen) atoms. The van der Waals surface area contributed by atoms with E-state index in [9.17, 15) is 9.90 Å². The topological polar surface area (TPSA) is 46.5 Å². The van der Waals surface area contributed by atoms with E-state index in [1.807, 2.05) is 0 Å². The summed E-state index contributed by atoms with van der Waals surface area (Å²) in [5.74, 6) is 2.66. The highest BCUT2D eigenvalue weighted by atomic mass is 16.5. The summed E-state index contributed by atoms with van der Waals surface area (Å²) in [6.45, 7) is 7.44. The van der Waals surface area contributed by atoms with E-state index in [1.54, 1.807) is 6.92 Å². The van der Waals surface area contributed by atoms with Gasteiger partial charge >= 0.3 is 0 Å². The molecule has 0 spiro atoms. The molecule has 1 saturated heterocycles. The van der Waals surface area contributed by atoms with Crippen LogP contribution in [0.1, 0.15) is 65.7 Å². The number of hydrogen-bond donors (Lipinski definition) is 1. The Kier molecular flexibility index (Phi) is 3.70. The molecule has 3 unspecified atom stereocenters. The molecule has 3 saturated carbocycles. The zero-order chi connectivity index (χ0) is 16.4. The fraction of sp³-hybridized carbons (Fsp3) is 0.950. The molecule has 3 aliphatic carbocycles. The van der Waals surface area contributed by atoms with Gasteiger partial charge in [0.15, 0.2) is 0 Å². The Balaban J connectivity index is 1.61. The lowest BCUT2D eigenvalue weighted by atomic mass is 9.49. The first-order chi connectivity index (χ1) is 10.9. The Morgan fingerprint density at radius 1 is 1.04 bits per heavy atom. The predicted octanol–water partition coefficient (Wildman–Crippen LogP) is 3.58. The SMILES string of the molecule is CC(=O)[C@H]1CCC2C3CO[C@@H]4C[C@H](O)CC[C@]4(C)C3CC[C@@]21C. The molecule has 4 fully saturated rings. The van der Waals surface area contributed by atoms with Crippen molar-refractivity contribution in [3.05, 3.63) is 0 Å². The Bertz CT molecular complexity index is 503. The maximum atomic E-state index is 12.1. The van der Waals surface area contributed by atoms with Gasteiger partial charge in [-0.3, -0.25) is 4.79 Å². The van der Waals surface area contributed by atoms with Gasteiger partial charge in [-0.25, -0.2) is 0 Å². The highest BCUT2D eigenvalue weighted by Crippen LogP contribution is 2.64. The predicted molar refractivity (Wildman–Crippen MR) is 88.9 cm³/mol. The van der Waals surface area contributed by atoms with Crippen molar-refractivity contribution in [1.82, 2.24) is 0 Å². The first-order valence-corrected chi connectivity index (χ1v) is 9.66. The van der Waals surface area contributed by atoms with Crippen LogP contribution in [0.3, 0.4) is 0 Å². The fourth-order valence-corrected chi connectivity index (χ4v) is 7.19. The quantitative estimate of drug-likeness (QED) is 0.803. The summed E-state index contributed by atoms with van der Waals surface area (Å²) in [7, 11) is 0. The van der Waals surface area contributed by atoms with Gasteiger partial charge < -0.3 is 9.84 Å². The zero-order valence-corrected chi connectivity index (χ0v) is 14.9. The van der Waals surface area contributed by atoms with E-state index in [0.717, 1.165) is 38.2 Å². The van der Waals surface area contributed by atoms with Crippen molar-refractivity contribution in [2.45, 2.75) is 77.9 Å². The summed E-state index contributed by atoms with van der Waals surface area (Å²) in [6.07, 6.45) is 7.64. The minimum Gasteiger partial charge on any atom is -0.393 e. The summed E-state index contributed by atoms with van der Waals surface area (Å²) < 4.78 is 6.33. The standard InChI is InChI=1S/C20H32O3/c1-12(21)15-4-5-16-14-11-23-18-10-13(22)6-8-20(18,3)17(14)7-9-19(15,16)2/h13-18,22H,4-11H2,1-3H3/t13-,14?,15-,16?,17?,18-,19-,20-/m1/s1. The first-order valence-electron chi connectivity index (χ1n) is 9.66. The average Bonchev–Trinajstić information content (AvgIpc) is 2.85. The van der Waals surface area contributed by atoms with Gasteiger partial charge in [-0.05, 0) is 74.0 Å². The molecule has 3 nitrogen and oxygen atoms in total. The summed E-state index contributed by atoms with van der Waals surface area (Å²) in [4.78, 5) is 12.1. The number of aliphatic hydroxyl groups excluding tert-OH is 1. The van der Waals surface area contributed by atoms with Crippen LogP contribution in [-0.2, 0) is 9.53 Å². The lowest BCUT2D eigenvalue weighted by molar-refractivity contribution is -0.210. The number of carbonyl (C=O) groups excluding carboxylic acids is 1. The van der Waals surface area contributed by atoms with Crippen molar-refractivity contribution < 1.29 is 14.6 Å². The minimum atomic E-state index is -0.174. The number of hydrogen-bond acceptors (Lipinski definition) is 3. The van der Waals surface area contributed by atoms with Crippen molar-refractivity contribution in [3.8, 4) is 0 Å². The van der Waals surface area contributed by atoms with E-state index in [2.05, 4.69) is 13.8 Å². The van der Waals surface area contributed by atoms with Crippen LogP contribution >= 0.6 is 0 Å². The third-order valence-corrected chi connectivity index (χ3v) is 8.50. The molecular formula is C20H32O3. The van der Waals surface area contributed by atoms with Gasteiger partial charge in [0.2, 0.25) is 0 Å². The van der Waals surface area contributed by atoms with E-state index in [4.69, 9.17) is 4.74 Å². The Morgan fingerprint density at radius 3 is 2.48 bits per heavy atom. The molecule has 4 rings (SSSR count). The molecule has 3 heteroatoms. The largest absolute Gasteiger partial charge is 0.393 e. The molecule has 1 aliphatic heterocycles. The van der Waals surface area contributed by atoms with Crippen molar-refractivity contribution >= 4 is 5.78 Å². The molecule has 130 valence electrons. The van der Waals surface area contributed by atoms with Crippen LogP contribution in [0.4, 0.5) is 0 Å². The zero-order valence-electron chi connectivity index (χ0n) is 14.9. The van der Waals surface area contributed by atoms with Crippen LogP contribution in [0.25, 0.3) is 0 Å². The van der Waals surface area contributed by atoms with Crippen LogP contribution in [0.2, 0.25) is 0 Å². The summed E-state index contributed by atoms with van der Waals surface area (Å²) in [5.41, 5.74) is 0.436. The lowest BCUT2D eigenvalue weighted by Gasteiger charge is -2.60. The number of carbonyl (C=O) groups is 1. The highest BCUT2D eigenvalue weighted by molar-refractivity contribution is 5.79. The fourth-order valence-electron chi connectivity index (χ4n) is 7.19. The van der Waals surface area contributed by atoms with E-state index in [-0.39, 0.29) is 29.0 Å². The van der Waals surface area contributed by atoms with Crippen LogP contribution in [0, 0.1) is 34.5 Å². The van der Waals surface area contributed by atoms with Crippen molar-refractivity contribution in [1.29, 1.82) is 0 Å². The number of aliphatic hydroxyl groups is 1. The van der Waals surface area contributed by atoms with Crippen molar-refractivity contribution in [2.75, 3.05) is 6.61 Å². The number of fused-ring (bicyclic) bond motifs is 5. The van der Waals surface area contributed by atoms with Crippen molar-refractivity contribution in [3.63, 3.8) is 0 Å². The number of Topliss-reactive ketones (excluding diaryl/α,β-unsaturated/α-hetero) is 1. The number of ketones is 1. The minimum absolute atomic E-state index is 0.174. The van der Waals surface area contributed by atoms with Crippen LogP contribution in [0.15, 0.2) is 0 Å². The van der Waals surface area contributed by atoms with Crippen LogP contribution < -0.4 is 0 Å². The van der Waals surface area contributed by atoms with Crippen molar-refractivity contribution in [2.24, 2.45) is 34.5 Å². The summed E-state index contributed by atoms with van der Waals surface area (Å²) in [5, 5.41) is 10.0. The molecular weight excluding hydrogens is 288 g/mol. The van der Waals surface area contributed by atoms with Crippen LogP contribution in [-0.4, -0.2) is 29.7 Å². The Labute approximate surface area is 140 Å². The molecule has 0 aromatic rings. The molecule has 0 amide bonds. The Morgan fingerprint density at radius 2 is 1.74 bits per heavy atom. The summed E-state index contributed by atoms with van der Waals surface area (Å²) in [6, 6.07) is 0. The lowest BCUT2D eigenvalue weighted by Crippen LogP contribution is -2.58. The smallest absolute Gasteiger partial charge is 0.133 e. The molecule has 0 bridgehead atoms. The second kappa shape index (κ2) is 5.29. The normalized spacial score (nSPS) is 55.7. The molecule has 0 aromatic heterocycles. The van der Waals surface area contributed by atoms with E-state index >= 15 is 0 Å². The Hall–Kier alpha value is -0.410. The van der Waals surface area contributed by atoms with Gasteiger partial charge in [-0.2, -0.15) is 0 Å². The average molecular weight is 320 g/mol. The first kappa shape index (κ1) is 16.1. The second-order valence-electron chi connectivity index (χ2n) is 9.42. The maximum Gasteiger partial charge on any atom is 0.133 e. The van der Waals surface area contributed by atoms with E-state index < -0.39 is 0 Å². The molecule has 1 heterocycles. The molecule has 0 aromatic carbocycles. The number of ether oxygens (including phenoxy) is 1. The van der Waals surface area contributed by atoms with Gasteiger partial charge in [0.25, 0.3) is 0 Å². The molecule has 0 radical (unpaired) electrons. The van der Waals surface area contributed by atoms with Gasteiger partial charge in [0, 0.05) is 12.3 Å². The van der Waals surface area contributed by atoms with Crippen LogP contribution in [0.5, 0.6) is 0 Å². The van der Waals surface area contributed by atoms with E-state index in [0.29, 0.717) is 17.6 Å². The number of rotatable bonds is 1. The van der Waals surface area contributed by atoms with Gasteiger partial charge in [-0.1, -0.05) is 13.8 Å². The molecule has 1 N–H and O–H groups in total. The van der Waals surface area contributed by atoms with Gasteiger partial charge in [0.1, 0.15) is 5.78 Å². The molecule has 8 atom stereocenters. The third kappa shape index (κ3) is 2.18. The van der Waals surface area contributed by atoms with Gasteiger partial charge in [-0.15, -0.1) is 0 Å². The van der Waals surface area contributed by atoms with Gasteiger partial charge in [0.05, 0.1) is 18.8 Å². The van der Waals surface area contributed by atoms with E-state index in [1.165, 1.54) is 19.3 Å². The monoisotopic (exact) mass is 320 g/mol. The third-order valence-electron chi connectivity index (χ3n) is 8.50. The molecule has 4 aliphatic rings. The maximum absolute atomic E-state index is 12.1. The highest BCUT2D eigenvalue weighted by Gasteiger charge is 2.61. The summed E-state index contributed by atoms with van der Waals surface area (Å²) >= 11 is 0.